The fourth-order valence-electron chi connectivity index (χ4n) is 4.11. The Morgan fingerprint density at radius 2 is 1.31 bits per heavy atom. The summed E-state index contributed by atoms with van der Waals surface area (Å²) in [4.78, 5) is 8.97. The van der Waals surface area contributed by atoms with Gasteiger partial charge in [-0.15, -0.1) is 71.8 Å². The first-order valence-electron chi connectivity index (χ1n) is 12.9. The summed E-state index contributed by atoms with van der Waals surface area (Å²) >= 11 is 0. The van der Waals surface area contributed by atoms with Crippen molar-refractivity contribution in [1.82, 2.24) is 9.97 Å². The standard InChI is InChI=1S/C18H13FN.C17H20N.Ir/c19-17-9-6-14(7-10-17)12-15-8-11-18(20-13-15)16-4-2-1-3-5-16;1-13-12-18-16(14-8-6-5-7-9-14)10-15(13)11-17(2,3)4;/h1-4,6-11,13H,12H2;5-8,10,12H,11H2,1-4H3;/q2*-1;. The van der Waals surface area contributed by atoms with Gasteiger partial charge >= 0.3 is 0 Å². The van der Waals surface area contributed by atoms with Gasteiger partial charge in [-0.25, -0.2) is 4.39 Å². The minimum Gasteiger partial charge on any atom is -0.304 e. The fourth-order valence-corrected chi connectivity index (χ4v) is 4.11. The molecule has 0 aliphatic rings. The van der Waals surface area contributed by atoms with E-state index in [2.05, 4.69) is 61.9 Å². The van der Waals surface area contributed by atoms with Gasteiger partial charge in [0.25, 0.3) is 0 Å². The van der Waals surface area contributed by atoms with E-state index in [9.17, 15) is 4.39 Å². The molecule has 0 atom stereocenters. The molecule has 0 spiro atoms. The van der Waals surface area contributed by atoms with Crippen molar-refractivity contribution in [3.63, 3.8) is 0 Å². The Hall–Kier alpha value is -3.46. The molecule has 2 nitrogen and oxygen atoms in total. The maximum atomic E-state index is 12.9. The zero-order valence-electron chi connectivity index (χ0n) is 22.8. The molecule has 0 N–H and O–H groups in total. The molecule has 0 aliphatic heterocycles. The molecular weight excluding hydrogens is 660 g/mol. The summed E-state index contributed by atoms with van der Waals surface area (Å²) in [7, 11) is 0. The minimum absolute atomic E-state index is 0. The van der Waals surface area contributed by atoms with Gasteiger partial charge in [0.2, 0.25) is 0 Å². The maximum absolute atomic E-state index is 12.9. The van der Waals surface area contributed by atoms with Crippen LogP contribution >= 0.6 is 0 Å². The summed E-state index contributed by atoms with van der Waals surface area (Å²) in [6.45, 7) is 8.93. The Bertz CT molecular complexity index is 1430. The number of rotatable bonds is 5. The third kappa shape index (κ3) is 9.35. The van der Waals surface area contributed by atoms with Gasteiger partial charge in [0.05, 0.1) is 0 Å². The summed E-state index contributed by atoms with van der Waals surface area (Å²) in [5, 5.41) is 0. The molecule has 0 aliphatic carbocycles. The quantitative estimate of drug-likeness (QED) is 0.172. The van der Waals surface area contributed by atoms with Crippen molar-refractivity contribution in [2.24, 2.45) is 5.41 Å². The Morgan fingerprint density at radius 1 is 0.718 bits per heavy atom. The van der Waals surface area contributed by atoms with Crippen LogP contribution in [0.2, 0.25) is 0 Å². The van der Waals surface area contributed by atoms with Crippen molar-refractivity contribution in [3.8, 4) is 22.5 Å². The molecule has 3 aromatic carbocycles. The molecule has 0 bridgehead atoms. The predicted molar refractivity (Wildman–Crippen MR) is 154 cm³/mol. The van der Waals surface area contributed by atoms with Crippen molar-refractivity contribution in [2.45, 2.75) is 40.5 Å². The number of aromatic nitrogens is 2. The second kappa shape index (κ2) is 14.1. The van der Waals surface area contributed by atoms with Gasteiger partial charge in [-0.3, -0.25) is 0 Å². The van der Waals surface area contributed by atoms with Crippen molar-refractivity contribution in [3.05, 3.63) is 144 Å². The summed E-state index contributed by atoms with van der Waals surface area (Å²) in [5.41, 5.74) is 9.10. The second-order valence-electron chi connectivity index (χ2n) is 10.6. The number of halogens is 1. The van der Waals surface area contributed by atoms with Gasteiger partial charge in [-0.05, 0) is 65.4 Å². The van der Waals surface area contributed by atoms with Gasteiger partial charge in [-0.2, -0.15) is 0 Å². The molecule has 0 unspecified atom stereocenters. The van der Waals surface area contributed by atoms with Crippen molar-refractivity contribution in [1.29, 1.82) is 0 Å². The van der Waals surface area contributed by atoms with Crippen LogP contribution in [0.25, 0.3) is 22.5 Å². The summed E-state index contributed by atoms with van der Waals surface area (Å²) in [6.07, 6.45) is 5.66. The zero-order chi connectivity index (χ0) is 27.0. The van der Waals surface area contributed by atoms with Crippen LogP contribution < -0.4 is 0 Å². The third-order valence-corrected chi connectivity index (χ3v) is 6.05. The molecule has 4 heteroatoms. The van der Waals surface area contributed by atoms with Gasteiger partial charge in [0.1, 0.15) is 5.82 Å². The largest absolute Gasteiger partial charge is 0.304 e. The van der Waals surface area contributed by atoms with E-state index in [4.69, 9.17) is 0 Å². The summed E-state index contributed by atoms with van der Waals surface area (Å²) < 4.78 is 12.9. The van der Waals surface area contributed by atoms with Gasteiger partial charge < -0.3 is 9.97 Å². The number of hydrogen-bond acceptors (Lipinski definition) is 2. The van der Waals surface area contributed by atoms with E-state index in [1.165, 1.54) is 23.3 Å². The molecule has 2 aromatic heterocycles. The first-order chi connectivity index (χ1) is 18.3. The third-order valence-electron chi connectivity index (χ3n) is 6.05. The van der Waals surface area contributed by atoms with Crippen LogP contribution in [0.3, 0.4) is 0 Å². The van der Waals surface area contributed by atoms with Crippen LogP contribution in [0.1, 0.15) is 43.0 Å². The Kier molecular flexibility index (Phi) is 10.9. The van der Waals surface area contributed by atoms with Crippen LogP contribution in [0.15, 0.2) is 103 Å². The summed E-state index contributed by atoms with van der Waals surface area (Å²) in [5.74, 6) is -0.207. The smallest absolute Gasteiger partial charge is 0.123 e. The average Bonchev–Trinajstić information content (AvgIpc) is 2.92. The zero-order valence-corrected chi connectivity index (χ0v) is 25.2. The van der Waals surface area contributed by atoms with E-state index in [1.807, 2.05) is 67.0 Å². The Morgan fingerprint density at radius 3 is 1.85 bits per heavy atom. The monoisotopic (exact) mass is 693 g/mol. The molecule has 0 fully saturated rings. The van der Waals surface area contributed by atoms with Gasteiger partial charge in [0, 0.05) is 32.5 Å². The molecule has 0 amide bonds. The number of hydrogen-bond donors (Lipinski definition) is 0. The van der Waals surface area contributed by atoms with E-state index < -0.39 is 0 Å². The van der Waals surface area contributed by atoms with Crippen LogP contribution in [0.4, 0.5) is 4.39 Å². The Labute approximate surface area is 245 Å². The SMILES string of the molecule is Cc1cnc(-c2[c-]cccc2)cc1CC(C)(C)C.Fc1ccc(Cc2ccc(-c3[c-]cccc3)nc2)cc1.[Ir]. The molecule has 2 heterocycles. The van der Waals surface area contributed by atoms with E-state index in [0.29, 0.717) is 5.41 Å². The normalized spacial score (nSPS) is 10.7. The minimum atomic E-state index is -0.207. The molecule has 0 saturated heterocycles. The first kappa shape index (κ1) is 30.1. The van der Waals surface area contributed by atoms with Crippen LogP contribution in [-0.2, 0) is 32.9 Å². The summed E-state index contributed by atoms with van der Waals surface area (Å²) in [6, 6.07) is 35.0. The molecule has 39 heavy (non-hydrogen) atoms. The number of pyridine rings is 2. The number of aryl methyl sites for hydroxylation is 1. The van der Waals surface area contributed by atoms with E-state index in [1.54, 1.807) is 12.1 Å². The van der Waals surface area contributed by atoms with E-state index in [0.717, 1.165) is 46.5 Å². The molecule has 5 rings (SSSR count). The van der Waals surface area contributed by atoms with E-state index in [-0.39, 0.29) is 25.9 Å². The Balaban J connectivity index is 0.000000211. The van der Waals surface area contributed by atoms with Gasteiger partial charge in [0.15, 0.2) is 0 Å². The maximum Gasteiger partial charge on any atom is 0.123 e. The fraction of sp³-hybridized carbons (Fsp3) is 0.200. The molecule has 5 aromatic rings. The molecule has 1 radical (unpaired) electrons. The van der Waals surface area contributed by atoms with Crippen LogP contribution in [0.5, 0.6) is 0 Å². The van der Waals surface area contributed by atoms with Gasteiger partial charge in [-0.1, -0.05) is 56.7 Å². The van der Waals surface area contributed by atoms with Crippen molar-refractivity contribution in [2.75, 3.05) is 0 Å². The number of benzene rings is 3. The predicted octanol–water partition coefficient (Wildman–Crippen LogP) is 8.72. The van der Waals surface area contributed by atoms with Crippen molar-refractivity contribution >= 4 is 0 Å². The molecular formula is C35H33FIrN2-2. The second-order valence-corrected chi connectivity index (χ2v) is 10.6. The van der Waals surface area contributed by atoms with E-state index >= 15 is 0 Å². The van der Waals surface area contributed by atoms with Crippen LogP contribution in [0, 0.1) is 30.3 Å². The average molecular weight is 693 g/mol. The number of nitrogens with zero attached hydrogens (tertiary/aromatic N) is 2. The topological polar surface area (TPSA) is 25.8 Å². The van der Waals surface area contributed by atoms with Crippen molar-refractivity contribution < 1.29 is 24.5 Å². The first-order valence-corrected chi connectivity index (χ1v) is 12.9. The molecule has 0 saturated carbocycles. The molecule has 201 valence electrons. The van der Waals surface area contributed by atoms with Crippen LogP contribution in [-0.4, -0.2) is 9.97 Å².